The average molecular weight is 385 g/mol. The summed E-state index contributed by atoms with van der Waals surface area (Å²) in [5.41, 5.74) is 3.49. The van der Waals surface area contributed by atoms with Crippen LogP contribution in [0.3, 0.4) is 0 Å². The van der Waals surface area contributed by atoms with Gasteiger partial charge in [0.15, 0.2) is 11.5 Å². The highest BCUT2D eigenvalue weighted by Crippen LogP contribution is 2.33. The van der Waals surface area contributed by atoms with Crippen LogP contribution in [0, 0.1) is 0 Å². The van der Waals surface area contributed by atoms with E-state index >= 15 is 0 Å². The first-order valence-corrected chi connectivity index (χ1v) is 9.44. The second kappa shape index (κ2) is 7.31. The van der Waals surface area contributed by atoms with E-state index in [1.54, 1.807) is 4.90 Å². The van der Waals surface area contributed by atoms with Gasteiger partial charge in [0, 0.05) is 11.1 Å². The number of nitrogens with zero attached hydrogens (tertiary/aromatic N) is 2. The summed E-state index contributed by atoms with van der Waals surface area (Å²) in [6, 6.07) is 23.3. The molecule has 6 heteroatoms. The van der Waals surface area contributed by atoms with Gasteiger partial charge < -0.3 is 14.4 Å². The summed E-state index contributed by atoms with van der Waals surface area (Å²) in [5.74, 6) is 1.43. The molecule has 1 aliphatic rings. The number of fused-ring (bicyclic) bond motifs is 2. The number of benzene rings is 3. The maximum Gasteiger partial charge on any atom is 0.233 e. The Morgan fingerprint density at radius 3 is 2.66 bits per heavy atom. The van der Waals surface area contributed by atoms with Crippen molar-refractivity contribution < 1.29 is 14.3 Å². The maximum atomic E-state index is 13.3. The van der Waals surface area contributed by atoms with Crippen molar-refractivity contribution in [2.45, 2.75) is 13.0 Å². The third-order valence-electron chi connectivity index (χ3n) is 5.02. The molecule has 1 aliphatic heterocycles. The van der Waals surface area contributed by atoms with Crippen LogP contribution in [0.25, 0.3) is 10.9 Å². The molecule has 1 aromatic heterocycles. The van der Waals surface area contributed by atoms with Crippen LogP contribution in [0.5, 0.6) is 11.5 Å². The van der Waals surface area contributed by atoms with E-state index in [1.807, 2.05) is 72.8 Å². The third kappa shape index (κ3) is 3.40. The number of nitrogens with one attached hydrogen (secondary N) is 1. The molecule has 29 heavy (non-hydrogen) atoms. The van der Waals surface area contributed by atoms with Crippen molar-refractivity contribution in [2.75, 3.05) is 11.7 Å². The van der Waals surface area contributed by atoms with Crippen LogP contribution in [0.4, 0.5) is 5.69 Å². The molecule has 0 saturated carbocycles. The number of amides is 1. The molecule has 5 rings (SSSR count). The van der Waals surface area contributed by atoms with Crippen molar-refractivity contribution >= 4 is 22.5 Å². The van der Waals surface area contributed by atoms with Gasteiger partial charge >= 0.3 is 0 Å². The minimum atomic E-state index is -0.0109. The Morgan fingerprint density at radius 1 is 0.966 bits per heavy atom. The number of hydrogen-bond donors (Lipinski definition) is 1. The SMILES string of the molecule is O=C(Cc1[nH]nc2ccccc12)N(Cc1ccc2c(c1)OCO2)c1ccccc1. The van der Waals surface area contributed by atoms with Crippen molar-refractivity contribution in [3.63, 3.8) is 0 Å². The van der Waals surface area contributed by atoms with E-state index in [0.717, 1.165) is 33.6 Å². The quantitative estimate of drug-likeness (QED) is 0.562. The van der Waals surface area contributed by atoms with E-state index < -0.39 is 0 Å². The number of hydrogen-bond acceptors (Lipinski definition) is 4. The zero-order valence-corrected chi connectivity index (χ0v) is 15.7. The molecule has 0 radical (unpaired) electrons. The number of aromatic nitrogens is 2. The molecule has 0 aliphatic carbocycles. The van der Waals surface area contributed by atoms with Gasteiger partial charge in [-0.25, -0.2) is 0 Å². The van der Waals surface area contributed by atoms with E-state index in [0.29, 0.717) is 12.3 Å². The molecule has 0 saturated heterocycles. The summed E-state index contributed by atoms with van der Waals surface area (Å²) >= 11 is 0. The summed E-state index contributed by atoms with van der Waals surface area (Å²) in [4.78, 5) is 15.1. The number of rotatable bonds is 5. The topological polar surface area (TPSA) is 67.5 Å². The van der Waals surface area contributed by atoms with Crippen LogP contribution in [0.15, 0.2) is 72.8 Å². The number of aromatic amines is 1. The summed E-state index contributed by atoms with van der Waals surface area (Å²) in [6.07, 6.45) is 0.236. The number of anilines is 1. The second-order valence-corrected chi connectivity index (χ2v) is 6.90. The van der Waals surface area contributed by atoms with Crippen molar-refractivity contribution in [1.82, 2.24) is 10.2 Å². The fourth-order valence-electron chi connectivity index (χ4n) is 3.55. The van der Waals surface area contributed by atoms with E-state index in [4.69, 9.17) is 9.47 Å². The predicted octanol–water partition coefficient (Wildman–Crippen LogP) is 4.07. The van der Waals surface area contributed by atoms with Crippen molar-refractivity contribution in [1.29, 1.82) is 0 Å². The molecular formula is C23H19N3O3. The van der Waals surface area contributed by atoms with Crippen LogP contribution < -0.4 is 14.4 Å². The van der Waals surface area contributed by atoms with Crippen LogP contribution in [-0.4, -0.2) is 22.9 Å². The van der Waals surface area contributed by atoms with E-state index in [9.17, 15) is 4.79 Å². The minimum Gasteiger partial charge on any atom is -0.454 e. The molecule has 144 valence electrons. The highest BCUT2D eigenvalue weighted by molar-refractivity contribution is 5.96. The van der Waals surface area contributed by atoms with Gasteiger partial charge in [-0.2, -0.15) is 5.10 Å². The summed E-state index contributed by atoms with van der Waals surface area (Å²) in [6.45, 7) is 0.665. The molecule has 0 spiro atoms. The first-order valence-electron chi connectivity index (χ1n) is 9.44. The van der Waals surface area contributed by atoms with Crippen LogP contribution in [0.2, 0.25) is 0 Å². The standard InChI is InChI=1S/C23H19N3O3/c27-23(13-20-18-8-4-5-9-19(18)24-25-20)26(17-6-2-1-3-7-17)14-16-10-11-21-22(12-16)29-15-28-21/h1-12H,13-15H2,(H,24,25). The number of ether oxygens (including phenoxy) is 2. The van der Waals surface area contributed by atoms with E-state index in [-0.39, 0.29) is 19.1 Å². The average Bonchev–Trinajstić information content (AvgIpc) is 3.39. The molecule has 0 bridgehead atoms. The van der Waals surface area contributed by atoms with Crippen molar-refractivity contribution in [2.24, 2.45) is 0 Å². The maximum absolute atomic E-state index is 13.3. The van der Waals surface area contributed by atoms with Gasteiger partial charge in [-0.05, 0) is 35.9 Å². The number of H-pyrrole nitrogens is 1. The smallest absolute Gasteiger partial charge is 0.233 e. The Hall–Kier alpha value is -3.80. The molecule has 3 aromatic carbocycles. The third-order valence-corrected chi connectivity index (χ3v) is 5.02. The molecule has 0 fully saturated rings. The monoisotopic (exact) mass is 385 g/mol. The molecule has 4 aromatic rings. The first kappa shape index (κ1) is 17.3. The fraction of sp³-hybridized carbons (Fsp3) is 0.130. The zero-order valence-electron chi connectivity index (χ0n) is 15.7. The van der Waals surface area contributed by atoms with Gasteiger partial charge in [0.05, 0.1) is 24.2 Å². The Morgan fingerprint density at radius 2 is 1.76 bits per heavy atom. The molecule has 1 amide bonds. The molecule has 1 N–H and O–H groups in total. The van der Waals surface area contributed by atoms with E-state index in [2.05, 4.69) is 10.2 Å². The van der Waals surface area contributed by atoms with Gasteiger partial charge in [-0.1, -0.05) is 42.5 Å². The number of para-hydroxylation sites is 2. The number of carbonyl (C=O) groups is 1. The molecular weight excluding hydrogens is 366 g/mol. The van der Waals surface area contributed by atoms with E-state index in [1.165, 1.54) is 0 Å². The van der Waals surface area contributed by atoms with Crippen LogP contribution >= 0.6 is 0 Å². The Bertz CT molecular complexity index is 1170. The summed E-state index contributed by atoms with van der Waals surface area (Å²) < 4.78 is 10.9. The lowest BCUT2D eigenvalue weighted by atomic mass is 10.1. The Balaban J connectivity index is 1.45. The summed E-state index contributed by atoms with van der Waals surface area (Å²) in [7, 11) is 0. The fourth-order valence-corrected chi connectivity index (χ4v) is 3.55. The lowest BCUT2D eigenvalue weighted by molar-refractivity contribution is -0.118. The highest BCUT2D eigenvalue weighted by atomic mass is 16.7. The van der Waals surface area contributed by atoms with Gasteiger partial charge in [0.25, 0.3) is 0 Å². The van der Waals surface area contributed by atoms with Gasteiger partial charge in [0.1, 0.15) is 0 Å². The molecule has 0 atom stereocenters. The summed E-state index contributed by atoms with van der Waals surface area (Å²) in [5, 5.41) is 8.29. The largest absolute Gasteiger partial charge is 0.454 e. The Labute approximate surface area is 167 Å². The predicted molar refractivity (Wildman–Crippen MR) is 110 cm³/mol. The van der Waals surface area contributed by atoms with Crippen LogP contribution in [-0.2, 0) is 17.8 Å². The highest BCUT2D eigenvalue weighted by Gasteiger charge is 2.20. The van der Waals surface area contributed by atoms with Gasteiger partial charge in [0.2, 0.25) is 12.7 Å². The lowest BCUT2D eigenvalue weighted by Crippen LogP contribution is -2.31. The van der Waals surface area contributed by atoms with Crippen LogP contribution in [0.1, 0.15) is 11.3 Å². The molecule has 6 nitrogen and oxygen atoms in total. The van der Waals surface area contributed by atoms with Crippen molar-refractivity contribution in [3.05, 3.63) is 84.1 Å². The minimum absolute atomic E-state index is 0.0109. The normalized spacial score (nSPS) is 12.3. The van der Waals surface area contributed by atoms with Gasteiger partial charge in [-0.15, -0.1) is 0 Å². The zero-order chi connectivity index (χ0) is 19.6. The molecule has 0 unspecified atom stereocenters. The Kier molecular flexibility index (Phi) is 4.37. The van der Waals surface area contributed by atoms with Crippen molar-refractivity contribution in [3.8, 4) is 11.5 Å². The first-order chi connectivity index (χ1) is 14.3. The second-order valence-electron chi connectivity index (χ2n) is 6.90. The van der Waals surface area contributed by atoms with Gasteiger partial charge in [-0.3, -0.25) is 9.89 Å². The lowest BCUT2D eigenvalue weighted by Gasteiger charge is -2.23. The molecule has 2 heterocycles. The number of carbonyl (C=O) groups excluding carboxylic acids is 1.